The summed E-state index contributed by atoms with van der Waals surface area (Å²) < 4.78 is 25.0. The van der Waals surface area contributed by atoms with E-state index in [1.807, 2.05) is 6.92 Å². The Kier molecular flexibility index (Phi) is 3.19. The van der Waals surface area contributed by atoms with E-state index in [0.717, 1.165) is 0 Å². The lowest BCUT2D eigenvalue weighted by Gasteiger charge is -2.20. The minimum Gasteiger partial charge on any atom is -0.382 e. The SMILES string of the molecule is CCCS(=O)(=O)N1CC[C@](O)(c2cn[nH]n2)C1. The predicted molar refractivity (Wildman–Crippen MR) is 60.5 cm³/mol. The van der Waals surface area contributed by atoms with Gasteiger partial charge in [0.05, 0.1) is 11.9 Å². The van der Waals surface area contributed by atoms with Crippen LogP contribution in [0.4, 0.5) is 0 Å². The van der Waals surface area contributed by atoms with Gasteiger partial charge < -0.3 is 5.11 Å². The van der Waals surface area contributed by atoms with E-state index in [1.54, 1.807) is 0 Å². The highest BCUT2D eigenvalue weighted by Crippen LogP contribution is 2.31. The number of hydrogen-bond acceptors (Lipinski definition) is 5. The van der Waals surface area contributed by atoms with Crippen molar-refractivity contribution >= 4 is 10.0 Å². The summed E-state index contributed by atoms with van der Waals surface area (Å²) in [7, 11) is -3.26. The Morgan fingerprint density at radius 3 is 3.00 bits per heavy atom. The first kappa shape index (κ1) is 12.5. The number of hydrogen-bond donors (Lipinski definition) is 2. The molecular weight excluding hydrogens is 244 g/mol. The van der Waals surface area contributed by atoms with Crippen molar-refractivity contribution in [3.63, 3.8) is 0 Å². The summed E-state index contributed by atoms with van der Waals surface area (Å²) in [6, 6.07) is 0. The van der Waals surface area contributed by atoms with Gasteiger partial charge in [-0.25, -0.2) is 8.42 Å². The summed E-state index contributed by atoms with van der Waals surface area (Å²) in [4.78, 5) is 0. The van der Waals surface area contributed by atoms with E-state index < -0.39 is 15.6 Å². The van der Waals surface area contributed by atoms with Gasteiger partial charge in [0, 0.05) is 13.1 Å². The fraction of sp³-hybridized carbons (Fsp3) is 0.778. The first-order valence-electron chi connectivity index (χ1n) is 5.54. The third kappa shape index (κ3) is 2.33. The number of aliphatic hydroxyl groups is 1. The van der Waals surface area contributed by atoms with Crippen LogP contribution in [0.5, 0.6) is 0 Å². The molecule has 0 aliphatic carbocycles. The first-order chi connectivity index (χ1) is 7.98. The van der Waals surface area contributed by atoms with Crippen molar-refractivity contribution in [1.82, 2.24) is 19.7 Å². The number of H-pyrrole nitrogens is 1. The largest absolute Gasteiger partial charge is 0.382 e. The molecule has 1 aromatic heterocycles. The maximum atomic E-state index is 11.9. The zero-order chi connectivity index (χ0) is 12.5. The highest BCUT2D eigenvalue weighted by molar-refractivity contribution is 7.89. The van der Waals surface area contributed by atoms with Gasteiger partial charge in [-0.3, -0.25) is 0 Å². The third-order valence-electron chi connectivity index (χ3n) is 2.96. The van der Waals surface area contributed by atoms with Gasteiger partial charge in [0.25, 0.3) is 0 Å². The lowest BCUT2D eigenvalue weighted by atomic mass is 10.0. The molecule has 1 atom stereocenters. The van der Waals surface area contributed by atoms with Crippen LogP contribution in [0.3, 0.4) is 0 Å². The van der Waals surface area contributed by atoms with Crippen LogP contribution < -0.4 is 0 Å². The van der Waals surface area contributed by atoms with E-state index in [0.29, 0.717) is 25.1 Å². The van der Waals surface area contributed by atoms with E-state index in [2.05, 4.69) is 15.4 Å². The predicted octanol–water partition coefficient (Wildman–Crippen LogP) is -0.562. The van der Waals surface area contributed by atoms with Crippen molar-refractivity contribution in [2.24, 2.45) is 0 Å². The van der Waals surface area contributed by atoms with Crippen LogP contribution in [0.1, 0.15) is 25.5 Å². The number of sulfonamides is 1. The summed E-state index contributed by atoms with van der Waals surface area (Å²) in [5.41, 5.74) is -0.819. The first-order valence-corrected chi connectivity index (χ1v) is 7.15. The van der Waals surface area contributed by atoms with Crippen molar-refractivity contribution in [3.05, 3.63) is 11.9 Å². The molecule has 0 bridgehead atoms. The topological polar surface area (TPSA) is 99.2 Å². The molecule has 7 nitrogen and oxygen atoms in total. The maximum absolute atomic E-state index is 11.9. The fourth-order valence-corrected chi connectivity index (χ4v) is 3.57. The molecule has 1 saturated heterocycles. The number of aromatic nitrogens is 3. The van der Waals surface area contributed by atoms with E-state index in [-0.39, 0.29) is 12.3 Å². The Hall–Kier alpha value is -0.990. The quantitative estimate of drug-likeness (QED) is 0.756. The second kappa shape index (κ2) is 4.35. The third-order valence-corrected chi connectivity index (χ3v) is 4.98. The van der Waals surface area contributed by atoms with Gasteiger partial charge in [-0.2, -0.15) is 19.7 Å². The van der Waals surface area contributed by atoms with Crippen LogP contribution in [0.25, 0.3) is 0 Å². The van der Waals surface area contributed by atoms with Crippen molar-refractivity contribution in [1.29, 1.82) is 0 Å². The molecule has 0 radical (unpaired) electrons. The fourth-order valence-electron chi connectivity index (χ4n) is 2.02. The highest BCUT2D eigenvalue weighted by Gasteiger charge is 2.43. The Balaban J connectivity index is 2.15. The second-order valence-electron chi connectivity index (χ2n) is 4.29. The average molecular weight is 260 g/mol. The molecule has 0 unspecified atom stereocenters. The van der Waals surface area contributed by atoms with Crippen LogP contribution >= 0.6 is 0 Å². The molecule has 96 valence electrons. The molecule has 1 fully saturated rings. The molecule has 2 N–H and O–H groups in total. The van der Waals surface area contributed by atoms with E-state index >= 15 is 0 Å². The van der Waals surface area contributed by atoms with Gasteiger partial charge in [-0.05, 0) is 12.8 Å². The number of nitrogens with zero attached hydrogens (tertiary/aromatic N) is 3. The summed E-state index contributed by atoms with van der Waals surface area (Å²) >= 11 is 0. The monoisotopic (exact) mass is 260 g/mol. The van der Waals surface area contributed by atoms with Crippen LogP contribution in [0, 0.1) is 0 Å². The molecule has 1 aliphatic rings. The average Bonchev–Trinajstić information content (AvgIpc) is 2.86. The zero-order valence-electron chi connectivity index (χ0n) is 9.63. The molecule has 2 rings (SSSR count). The molecule has 0 spiro atoms. The molecule has 8 heteroatoms. The standard InChI is InChI=1S/C9H16N4O3S/c1-2-5-17(15,16)13-4-3-9(14,7-13)8-6-10-12-11-8/h6,14H,2-5,7H2,1H3,(H,10,11,12)/t9-/m1/s1. The smallest absolute Gasteiger partial charge is 0.214 e. The van der Waals surface area contributed by atoms with Gasteiger partial charge in [0.15, 0.2) is 0 Å². The molecule has 0 saturated carbocycles. The van der Waals surface area contributed by atoms with Crippen LogP contribution in [0.2, 0.25) is 0 Å². The van der Waals surface area contributed by atoms with Crippen molar-refractivity contribution in [2.75, 3.05) is 18.8 Å². The van der Waals surface area contributed by atoms with Crippen LogP contribution in [-0.2, 0) is 15.6 Å². The van der Waals surface area contributed by atoms with Gasteiger partial charge in [0.1, 0.15) is 11.3 Å². The highest BCUT2D eigenvalue weighted by atomic mass is 32.2. The van der Waals surface area contributed by atoms with Gasteiger partial charge in [0.2, 0.25) is 10.0 Å². The van der Waals surface area contributed by atoms with Gasteiger partial charge in [-0.15, -0.1) is 0 Å². The van der Waals surface area contributed by atoms with Crippen molar-refractivity contribution in [3.8, 4) is 0 Å². The zero-order valence-corrected chi connectivity index (χ0v) is 10.4. The van der Waals surface area contributed by atoms with E-state index in [1.165, 1.54) is 10.5 Å². The summed E-state index contributed by atoms with van der Waals surface area (Å²) in [5, 5.41) is 20.2. The minimum atomic E-state index is -3.26. The molecule has 1 aromatic rings. The molecule has 1 aliphatic heterocycles. The van der Waals surface area contributed by atoms with Crippen molar-refractivity contribution < 1.29 is 13.5 Å². The molecular formula is C9H16N4O3S. The Labute approximate surface area is 99.9 Å². The number of nitrogens with one attached hydrogen (secondary N) is 1. The summed E-state index contributed by atoms with van der Waals surface area (Å²) in [6.45, 7) is 2.20. The Bertz CT molecular complexity index is 472. The maximum Gasteiger partial charge on any atom is 0.214 e. The number of rotatable bonds is 4. The van der Waals surface area contributed by atoms with Gasteiger partial charge in [-0.1, -0.05) is 6.92 Å². The Morgan fingerprint density at radius 2 is 2.41 bits per heavy atom. The van der Waals surface area contributed by atoms with E-state index in [4.69, 9.17) is 0 Å². The summed E-state index contributed by atoms with van der Waals surface area (Å²) in [6.07, 6.45) is 2.35. The van der Waals surface area contributed by atoms with Crippen LogP contribution in [0.15, 0.2) is 6.20 Å². The Morgan fingerprint density at radius 1 is 1.65 bits per heavy atom. The van der Waals surface area contributed by atoms with Crippen LogP contribution in [-0.4, -0.2) is 52.1 Å². The molecule has 0 aromatic carbocycles. The van der Waals surface area contributed by atoms with Gasteiger partial charge >= 0.3 is 0 Å². The minimum absolute atomic E-state index is 0.0574. The number of aromatic amines is 1. The molecule has 2 heterocycles. The normalized spacial score (nSPS) is 26.5. The van der Waals surface area contributed by atoms with Crippen molar-refractivity contribution in [2.45, 2.75) is 25.4 Å². The summed E-state index contributed by atoms with van der Waals surface area (Å²) in [5.74, 6) is 0.113. The number of β-amino-alcohol motifs (C(OH)–C–C–N with tert-alkyl or cyclic N) is 1. The van der Waals surface area contributed by atoms with E-state index in [9.17, 15) is 13.5 Å². The molecule has 0 amide bonds. The molecule has 17 heavy (non-hydrogen) atoms. The lowest BCUT2D eigenvalue weighted by molar-refractivity contribution is 0.0485. The second-order valence-corrected chi connectivity index (χ2v) is 6.37. The lowest BCUT2D eigenvalue weighted by Crippen LogP contribution is -2.35.